The maximum atomic E-state index is 14.0. The Labute approximate surface area is 199 Å². The average Bonchev–Trinajstić information content (AvgIpc) is 2.86. The fourth-order valence-corrected chi connectivity index (χ4v) is 6.29. The summed E-state index contributed by atoms with van der Waals surface area (Å²) in [5.74, 6) is -0.899. The number of nitrogens with one attached hydrogen (secondary N) is 1. The van der Waals surface area contributed by atoms with Gasteiger partial charge in [-0.1, -0.05) is 30.3 Å². The molecule has 6 nitrogen and oxygen atoms in total. The fourth-order valence-electron chi connectivity index (χ4n) is 4.64. The van der Waals surface area contributed by atoms with Crippen molar-refractivity contribution in [3.63, 3.8) is 0 Å². The molecule has 0 aromatic heterocycles. The van der Waals surface area contributed by atoms with Crippen LogP contribution in [0.3, 0.4) is 0 Å². The topological polar surface area (TPSA) is 69.7 Å². The lowest BCUT2D eigenvalue weighted by molar-refractivity contribution is -0.119. The predicted octanol–water partition coefficient (Wildman–Crippen LogP) is 4.31. The lowest BCUT2D eigenvalue weighted by Gasteiger charge is -2.31. The van der Waals surface area contributed by atoms with E-state index in [-0.39, 0.29) is 11.4 Å². The molecule has 1 N–H and O–H groups in total. The molecule has 0 saturated carbocycles. The van der Waals surface area contributed by atoms with Gasteiger partial charge in [0.25, 0.3) is 10.0 Å². The van der Waals surface area contributed by atoms with E-state index in [0.717, 1.165) is 23.0 Å². The highest BCUT2D eigenvalue weighted by Gasteiger charge is 2.36. The van der Waals surface area contributed by atoms with Crippen LogP contribution in [-0.2, 0) is 21.4 Å². The Morgan fingerprint density at radius 2 is 1.65 bits per heavy atom. The van der Waals surface area contributed by atoms with Gasteiger partial charge in [0.1, 0.15) is 12.4 Å². The lowest BCUT2D eigenvalue weighted by atomic mass is 10.0. The molecule has 3 aromatic carbocycles. The number of piperidine rings is 1. The summed E-state index contributed by atoms with van der Waals surface area (Å²) in [6.45, 7) is 2.03. The van der Waals surface area contributed by atoms with Crippen molar-refractivity contribution in [1.82, 2.24) is 5.32 Å². The number of fused-ring (bicyclic) bond motifs is 3. The second-order valence-corrected chi connectivity index (χ2v) is 10.5. The highest BCUT2D eigenvalue weighted by atomic mass is 32.2. The summed E-state index contributed by atoms with van der Waals surface area (Å²) in [7, 11) is -3.96. The summed E-state index contributed by atoms with van der Waals surface area (Å²) < 4.78 is 41.6. The molecule has 3 aromatic rings. The molecule has 0 aliphatic carbocycles. The summed E-state index contributed by atoms with van der Waals surface area (Å²) in [4.78, 5) is 15.2. The van der Waals surface area contributed by atoms with Gasteiger partial charge in [0, 0.05) is 36.4 Å². The van der Waals surface area contributed by atoms with Crippen LogP contribution in [0, 0.1) is 5.82 Å². The molecule has 1 amide bonds. The third-order valence-electron chi connectivity index (χ3n) is 6.41. The van der Waals surface area contributed by atoms with Gasteiger partial charge >= 0.3 is 0 Å². The molecule has 5 rings (SSSR count). The van der Waals surface area contributed by atoms with Crippen molar-refractivity contribution in [3.05, 3.63) is 78.1 Å². The number of benzene rings is 3. The highest BCUT2D eigenvalue weighted by molar-refractivity contribution is 7.93. The molecule has 2 aliphatic rings. The standard InChI is InChI=1S/C26H26FN3O3S/c27-20-10-13-24-23(16-20)22-6-2-3-7-25(22)34(32,33)30(24)18-26(31)28-17-19-8-11-21(12-9-19)29-14-4-1-5-15-29/h2-3,6-13,16H,1,4-5,14-15,17-18H2,(H,28,31). The van der Waals surface area contributed by atoms with Crippen molar-refractivity contribution in [1.29, 1.82) is 0 Å². The highest BCUT2D eigenvalue weighted by Crippen LogP contribution is 2.43. The summed E-state index contributed by atoms with van der Waals surface area (Å²) >= 11 is 0. The normalized spacial score (nSPS) is 16.5. The number of halogens is 1. The second kappa shape index (κ2) is 9.10. The van der Waals surface area contributed by atoms with Gasteiger partial charge in [-0.25, -0.2) is 12.8 Å². The van der Waals surface area contributed by atoms with Crippen LogP contribution in [0.2, 0.25) is 0 Å². The van der Waals surface area contributed by atoms with E-state index in [1.165, 1.54) is 49.2 Å². The number of hydrogen-bond acceptors (Lipinski definition) is 4. The van der Waals surface area contributed by atoms with E-state index in [1.807, 2.05) is 12.1 Å². The zero-order valence-electron chi connectivity index (χ0n) is 18.7. The third kappa shape index (κ3) is 4.25. The number of carbonyl (C=O) groups is 1. The van der Waals surface area contributed by atoms with Gasteiger partial charge in [-0.3, -0.25) is 9.10 Å². The van der Waals surface area contributed by atoms with E-state index >= 15 is 0 Å². The smallest absolute Gasteiger partial charge is 0.265 e. The van der Waals surface area contributed by atoms with Crippen LogP contribution in [-0.4, -0.2) is 34.0 Å². The Bertz CT molecular complexity index is 1320. The zero-order valence-corrected chi connectivity index (χ0v) is 19.5. The molecule has 2 heterocycles. The molecule has 1 fully saturated rings. The third-order valence-corrected chi connectivity index (χ3v) is 8.22. The summed E-state index contributed by atoms with van der Waals surface area (Å²) in [5.41, 5.74) is 3.29. The summed E-state index contributed by atoms with van der Waals surface area (Å²) in [5, 5.41) is 2.82. The monoisotopic (exact) mass is 479 g/mol. The van der Waals surface area contributed by atoms with E-state index in [1.54, 1.807) is 18.2 Å². The van der Waals surface area contributed by atoms with E-state index < -0.39 is 21.7 Å². The van der Waals surface area contributed by atoms with E-state index in [2.05, 4.69) is 22.3 Å². The molecule has 0 spiro atoms. The number of hydrogen-bond donors (Lipinski definition) is 1. The number of sulfonamides is 1. The number of rotatable bonds is 5. The van der Waals surface area contributed by atoms with Gasteiger partial charge in [0.05, 0.1) is 10.6 Å². The van der Waals surface area contributed by atoms with Crippen LogP contribution in [0.15, 0.2) is 71.6 Å². The van der Waals surface area contributed by atoms with Gasteiger partial charge in [-0.05, 0) is 61.2 Å². The molecule has 176 valence electrons. The Kier molecular flexibility index (Phi) is 6.00. The number of anilines is 2. The lowest BCUT2D eigenvalue weighted by Crippen LogP contribution is -2.42. The minimum absolute atomic E-state index is 0.0641. The molecule has 34 heavy (non-hydrogen) atoms. The van der Waals surface area contributed by atoms with Crippen molar-refractivity contribution >= 4 is 27.3 Å². The van der Waals surface area contributed by atoms with Crippen molar-refractivity contribution in [3.8, 4) is 11.1 Å². The number of nitrogens with zero attached hydrogens (tertiary/aromatic N) is 2. The number of amides is 1. The van der Waals surface area contributed by atoms with Crippen LogP contribution in [0.25, 0.3) is 11.1 Å². The zero-order chi connectivity index (χ0) is 23.7. The first-order valence-electron chi connectivity index (χ1n) is 11.5. The largest absolute Gasteiger partial charge is 0.372 e. The first-order valence-corrected chi connectivity index (χ1v) is 12.9. The maximum Gasteiger partial charge on any atom is 0.265 e. The van der Waals surface area contributed by atoms with Crippen LogP contribution in [0.4, 0.5) is 15.8 Å². The Morgan fingerprint density at radius 3 is 2.41 bits per heavy atom. The minimum Gasteiger partial charge on any atom is -0.372 e. The molecule has 1 saturated heterocycles. The summed E-state index contributed by atoms with van der Waals surface area (Å²) in [6, 6.07) is 18.5. The Hall–Kier alpha value is -3.39. The van der Waals surface area contributed by atoms with Crippen molar-refractivity contribution in [2.75, 3.05) is 28.8 Å². The second-order valence-electron chi connectivity index (χ2n) is 8.66. The Balaban J connectivity index is 1.31. The fraction of sp³-hybridized carbons (Fsp3) is 0.269. The number of carbonyl (C=O) groups excluding carboxylic acids is 1. The molecular formula is C26H26FN3O3S. The molecule has 0 bridgehead atoms. The van der Waals surface area contributed by atoms with Crippen LogP contribution < -0.4 is 14.5 Å². The average molecular weight is 480 g/mol. The molecule has 0 unspecified atom stereocenters. The van der Waals surface area contributed by atoms with Gasteiger partial charge in [0.2, 0.25) is 5.91 Å². The predicted molar refractivity (Wildman–Crippen MR) is 131 cm³/mol. The van der Waals surface area contributed by atoms with Gasteiger partial charge < -0.3 is 10.2 Å². The first kappa shape index (κ1) is 22.4. The van der Waals surface area contributed by atoms with E-state index in [4.69, 9.17) is 0 Å². The molecular weight excluding hydrogens is 453 g/mol. The van der Waals surface area contributed by atoms with Crippen molar-refractivity contribution in [2.24, 2.45) is 0 Å². The minimum atomic E-state index is -3.96. The first-order chi connectivity index (χ1) is 16.4. The molecule has 0 atom stereocenters. The van der Waals surface area contributed by atoms with Crippen LogP contribution in [0.1, 0.15) is 24.8 Å². The van der Waals surface area contributed by atoms with Crippen LogP contribution >= 0.6 is 0 Å². The van der Waals surface area contributed by atoms with E-state index in [0.29, 0.717) is 23.4 Å². The summed E-state index contributed by atoms with van der Waals surface area (Å²) in [6.07, 6.45) is 3.69. The van der Waals surface area contributed by atoms with Crippen molar-refractivity contribution in [2.45, 2.75) is 30.7 Å². The molecule has 0 radical (unpaired) electrons. The maximum absolute atomic E-state index is 14.0. The SMILES string of the molecule is O=C(CN1c2ccc(F)cc2-c2ccccc2S1(=O)=O)NCc1ccc(N2CCCCC2)cc1. The van der Waals surface area contributed by atoms with Gasteiger partial charge in [0.15, 0.2) is 0 Å². The molecule has 2 aliphatic heterocycles. The Morgan fingerprint density at radius 1 is 0.912 bits per heavy atom. The van der Waals surface area contributed by atoms with Gasteiger partial charge in [-0.15, -0.1) is 0 Å². The van der Waals surface area contributed by atoms with E-state index in [9.17, 15) is 17.6 Å². The quantitative estimate of drug-likeness (QED) is 0.592. The van der Waals surface area contributed by atoms with Crippen molar-refractivity contribution < 1.29 is 17.6 Å². The molecule has 8 heteroatoms. The van der Waals surface area contributed by atoms with Crippen LogP contribution in [0.5, 0.6) is 0 Å². The van der Waals surface area contributed by atoms with Gasteiger partial charge in [-0.2, -0.15) is 0 Å².